The van der Waals surface area contributed by atoms with Crippen LogP contribution < -0.4 is 10.2 Å². The molecule has 0 spiro atoms. The Balaban J connectivity index is 2.03. The van der Waals surface area contributed by atoms with Crippen molar-refractivity contribution in [1.82, 2.24) is 5.32 Å². The van der Waals surface area contributed by atoms with E-state index >= 15 is 0 Å². The van der Waals surface area contributed by atoms with E-state index in [1.54, 1.807) is 18.2 Å². The number of rotatable bonds is 2. The van der Waals surface area contributed by atoms with Gasteiger partial charge >= 0.3 is 6.03 Å². The van der Waals surface area contributed by atoms with Gasteiger partial charge in [0.1, 0.15) is 11.3 Å². The number of imide groups is 2. The lowest BCUT2D eigenvalue weighted by molar-refractivity contribution is -0.122. The molecule has 3 rings (SSSR count). The molecule has 0 atom stereocenters. The van der Waals surface area contributed by atoms with Crippen LogP contribution in [0.25, 0.3) is 6.08 Å². The van der Waals surface area contributed by atoms with Gasteiger partial charge in [-0.1, -0.05) is 6.07 Å². The molecule has 1 aromatic carbocycles. The number of urea groups is 1. The third kappa shape index (κ3) is 3.32. The van der Waals surface area contributed by atoms with E-state index < -0.39 is 17.8 Å². The van der Waals surface area contributed by atoms with Gasteiger partial charge in [0.2, 0.25) is 0 Å². The summed E-state index contributed by atoms with van der Waals surface area (Å²) < 4.78 is 6.45. The highest BCUT2D eigenvalue weighted by molar-refractivity contribution is 9.13. The standard InChI is InChI=1S/C17H12Br2N2O4/c1-8-3-4-10(5-9(8)2)21-16(23)12(15(22)20-17(21)24)6-11-7-13(18)14(19)25-11/h3-7H,1-2H3,(H,20,22,24)/b12-6+. The SMILES string of the molecule is Cc1ccc(N2C(=O)NC(=O)/C(=C\c3cc(Br)c(Br)o3)C2=O)cc1C. The normalized spacial score (nSPS) is 16.6. The largest absolute Gasteiger partial charge is 0.449 e. The molecule has 1 N–H and O–H groups in total. The molecular weight excluding hydrogens is 456 g/mol. The average molecular weight is 468 g/mol. The molecule has 8 heteroatoms. The monoisotopic (exact) mass is 466 g/mol. The Morgan fingerprint density at radius 1 is 1.08 bits per heavy atom. The van der Waals surface area contributed by atoms with E-state index in [1.165, 1.54) is 6.08 Å². The molecule has 0 radical (unpaired) electrons. The fourth-order valence-corrected chi connectivity index (χ4v) is 2.94. The average Bonchev–Trinajstić information content (AvgIpc) is 2.85. The van der Waals surface area contributed by atoms with Crippen molar-refractivity contribution >= 4 is 61.5 Å². The van der Waals surface area contributed by atoms with Gasteiger partial charge in [-0.05, 0) is 81.1 Å². The minimum absolute atomic E-state index is 0.188. The Hall–Kier alpha value is -2.19. The Kier molecular flexibility index (Phi) is 4.66. The molecule has 0 unspecified atom stereocenters. The first-order chi connectivity index (χ1) is 11.8. The summed E-state index contributed by atoms with van der Waals surface area (Å²) >= 11 is 6.46. The Labute approximate surface area is 160 Å². The molecule has 1 aromatic heterocycles. The maximum absolute atomic E-state index is 12.7. The topological polar surface area (TPSA) is 79.6 Å². The van der Waals surface area contributed by atoms with Crippen LogP contribution in [0, 0.1) is 13.8 Å². The summed E-state index contributed by atoms with van der Waals surface area (Å²) in [4.78, 5) is 38.0. The molecule has 6 nitrogen and oxygen atoms in total. The van der Waals surface area contributed by atoms with Gasteiger partial charge in [0, 0.05) is 0 Å². The second-order valence-electron chi connectivity index (χ2n) is 5.50. The molecule has 2 aromatic rings. The molecule has 1 fully saturated rings. The summed E-state index contributed by atoms with van der Waals surface area (Å²) in [6.07, 6.45) is 1.30. The van der Waals surface area contributed by atoms with Crippen LogP contribution in [-0.4, -0.2) is 17.8 Å². The lowest BCUT2D eigenvalue weighted by atomic mass is 10.1. The van der Waals surface area contributed by atoms with E-state index in [2.05, 4.69) is 37.2 Å². The van der Waals surface area contributed by atoms with Crippen LogP contribution in [-0.2, 0) is 9.59 Å². The van der Waals surface area contributed by atoms with Crippen LogP contribution in [0.4, 0.5) is 10.5 Å². The number of furan rings is 1. The molecule has 0 aliphatic carbocycles. The number of benzene rings is 1. The zero-order valence-corrected chi connectivity index (χ0v) is 16.4. The van der Waals surface area contributed by atoms with Crippen LogP contribution >= 0.6 is 31.9 Å². The lowest BCUT2D eigenvalue weighted by Crippen LogP contribution is -2.54. The number of hydrogen-bond acceptors (Lipinski definition) is 4. The van der Waals surface area contributed by atoms with Gasteiger partial charge in [0.15, 0.2) is 4.67 Å². The Morgan fingerprint density at radius 2 is 1.80 bits per heavy atom. The summed E-state index contributed by atoms with van der Waals surface area (Å²) in [6, 6.07) is 6.02. The fraction of sp³-hybridized carbons (Fsp3) is 0.118. The molecule has 1 saturated heterocycles. The van der Waals surface area contributed by atoms with Crippen molar-refractivity contribution < 1.29 is 18.8 Å². The van der Waals surface area contributed by atoms with E-state index in [-0.39, 0.29) is 5.57 Å². The van der Waals surface area contributed by atoms with Crippen LogP contribution in [0.1, 0.15) is 16.9 Å². The summed E-state index contributed by atoms with van der Waals surface area (Å²) in [5.74, 6) is -1.17. The van der Waals surface area contributed by atoms with Crippen molar-refractivity contribution in [2.75, 3.05) is 4.90 Å². The first-order valence-electron chi connectivity index (χ1n) is 7.21. The number of anilines is 1. The summed E-state index contributed by atoms with van der Waals surface area (Å²) in [5, 5.41) is 2.18. The van der Waals surface area contributed by atoms with Crippen LogP contribution in [0.15, 0.2) is 43.4 Å². The number of hydrogen-bond donors (Lipinski definition) is 1. The summed E-state index contributed by atoms with van der Waals surface area (Å²) in [6.45, 7) is 3.81. The van der Waals surface area contributed by atoms with Gasteiger partial charge in [-0.2, -0.15) is 0 Å². The highest BCUT2D eigenvalue weighted by Crippen LogP contribution is 2.29. The maximum Gasteiger partial charge on any atom is 0.335 e. The quantitative estimate of drug-likeness (QED) is 0.532. The predicted molar refractivity (Wildman–Crippen MR) is 99.0 cm³/mol. The fourth-order valence-electron chi connectivity index (χ4n) is 2.33. The highest BCUT2D eigenvalue weighted by atomic mass is 79.9. The Bertz CT molecular complexity index is 927. The highest BCUT2D eigenvalue weighted by Gasteiger charge is 2.37. The minimum atomic E-state index is -0.780. The van der Waals surface area contributed by atoms with Crippen LogP contribution in [0.5, 0.6) is 0 Å². The number of amides is 4. The number of barbiturate groups is 1. The Morgan fingerprint density at radius 3 is 2.40 bits per heavy atom. The zero-order valence-electron chi connectivity index (χ0n) is 13.2. The smallest absolute Gasteiger partial charge is 0.335 e. The molecule has 128 valence electrons. The molecule has 2 heterocycles. The third-order valence-electron chi connectivity index (χ3n) is 3.80. The molecule has 1 aliphatic heterocycles. The van der Waals surface area contributed by atoms with E-state index in [0.29, 0.717) is 20.6 Å². The number of aryl methyl sites for hydroxylation is 2. The molecule has 0 bridgehead atoms. The first-order valence-corrected chi connectivity index (χ1v) is 8.80. The van der Waals surface area contributed by atoms with Crippen molar-refractivity contribution in [1.29, 1.82) is 0 Å². The minimum Gasteiger partial charge on any atom is -0.449 e. The molecule has 0 saturated carbocycles. The number of halogens is 2. The second-order valence-corrected chi connectivity index (χ2v) is 7.07. The van der Waals surface area contributed by atoms with Gasteiger partial charge in [-0.25, -0.2) is 9.69 Å². The summed E-state index contributed by atoms with van der Waals surface area (Å²) in [7, 11) is 0. The number of nitrogens with one attached hydrogen (secondary N) is 1. The van der Waals surface area contributed by atoms with E-state index in [0.717, 1.165) is 16.0 Å². The zero-order chi connectivity index (χ0) is 18.3. The van der Waals surface area contributed by atoms with Gasteiger partial charge in [0.05, 0.1) is 10.2 Å². The first kappa shape index (κ1) is 17.6. The van der Waals surface area contributed by atoms with Crippen molar-refractivity contribution in [3.05, 3.63) is 55.9 Å². The molecule has 1 aliphatic rings. The molecular formula is C17H12Br2N2O4. The second kappa shape index (κ2) is 6.61. The predicted octanol–water partition coefficient (Wildman–Crippen LogP) is 4.09. The lowest BCUT2D eigenvalue weighted by Gasteiger charge is -2.26. The van der Waals surface area contributed by atoms with Crippen LogP contribution in [0.3, 0.4) is 0 Å². The van der Waals surface area contributed by atoms with Crippen molar-refractivity contribution in [2.24, 2.45) is 0 Å². The third-order valence-corrected chi connectivity index (χ3v) is 5.51. The van der Waals surface area contributed by atoms with Gasteiger partial charge in [0.25, 0.3) is 11.8 Å². The van der Waals surface area contributed by atoms with E-state index in [4.69, 9.17) is 4.42 Å². The number of carbonyl (C=O) groups excluding carboxylic acids is 3. The van der Waals surface area contributed by atoms with E-state index in [9.17, 15) is 14.4 Å². The van der Waals surface area contributed by atoms with Crippen molar-refractivity contribution in [2.45, 2.75) is 13.8 Å². The van der Waals surface area contributed by atoms with E-state index in [1.807, 2.05) is 19.9 Å². The maximum atomic E-state index is 12.7. The van der Waals surface area contributed by atoms with Gasteiger partial charge in [-0.3, -0.25) is 14.9 Å². The van der Waals surface area contributed by atoms with Gasteiger partial charge in [-0.15, -0.1) is 0 Å². The van der Waals surface area contributed by atoms with Crippen molar-refractivity contribution in [3.63, 3.8) is 0 Å². The molecule has 4 amide bonds. The summed E-state index contributed by atoms with van der Waals surface area (Å²) in [5.41, 5.74) is 2.17. The molecule has 25 heavy (non-hydrogen) atoms. The number of carbonyl (C=O) groups is 3. The van der Waals surface area contributed by atoms with Gasteiger partial charge < -0.3 is 4.42 Å². The number of nitrogens with zero attached hydrogens (tertiary/aromatic N) is 1. The van der Waals surface area contributed by atoms with Crippen LogP contribution in [0.2, 0.25) is 0 Å². The van der Waals surface area contributed by atoms with Crippen molar-refractivity contribution in [3.8, 4) is 0 Å².